The van der Waals surface area contributed by atoms with Gasteiger partial charge in [0.15, 0.2) is 6.61 Å². The number of anilines is 1. The number of nitrogens with two attached hydrogens (primary N) is 1. The predicted molar refractivity (Wildman–Crippen MR) is 81.1 cm³/mol. The molecule has 0 atom stereocenters. The molecule has 0 radical (unpaired) electrons. The first kappa shape index (κ1) is 14.9. The lowest BCUT2D eigenvalue weighted by molar-refractivity contribution is -0.119. The summed E-state index contributed by atoms with van der Waals surface area (Å²) in [6.45, 7) is 4.78. The summed E-state index contributed by atoms with van der Waals surface area (Å²) in [5.74, 6) is 0.131. The van der Waals surface area contributed by atoms with Crippen molar-refractivity contribution in [2.24, 2.45) is 5.73 Å². The monoisotopic (exact) mass is 288 g/mol. The lowest BCUT2D eigenvalue weighted by Crippen LogP contribution is -2.19. The SMILES string of the molecule is CC(C)n1cc(CNc2ccc(OCC(N)=O)cc2)cn1. The fourth-order valence-corrected chi connectivity index (χ4v) is 1.78. The molecule has 1 amide bonds. The van der Waals surface area contributed by atoms with Gasteiger partial charge in [-0.3, -0.25) is 9.48 Å². The van der Waals surface area contributed by atoms with Crippen LogP contribution in [-0.2, 0) is 11.3 Å². The molecule has 0 fully saturated rings. The Morgan fingerprint density at radius 3 is 2.67 bits per heavy atom. The first-order valence-electron chi connectivity index (χ1n) is 6.82. The summed E-state index contributed by atoms with van der Waals surface area (Å²) >= 11 is 0. The van der Waals surface area contributed by atoms with Crippen molar-refractivity contribution in [2.75, 3.05) is 11.9 Å². The normalized spacial score (nSPS) is 10.6. The maximum Gasteiger partial charge on any atom is 0.255 e. The molecule has 3 N–H and O–H groups in total. The molecular weight excluding hydrogens is 268 g/mol. The van der Waals surface area contributed by atoms with Crippen molar-refractivity contribution in [1.82, 2.24) is 9.78 Å². The van der Waals surface area contributed by atoms with Crippen LogP contribution in [-0.4, -0.2) is 22.3 Å². The van der Waals surface area contributed by atoms with Gasteiger partial charge in [0.1, 0.15) is 5.75 Å². The number of nitrogens with one attached hydrogen (secondary N) is 1. The highest BCUT2D eigenvalue weighted by atomic mass is 16.5. The van der Waals surface area contributed by atoms with E-state index < -0.39 is 5.91 Å². The van der Waals surface area contributed by atoms with Crippen molar-refractivity contribution in [3.8, 4) is 5.75 Å². The smallest absolute Gasteiger partial charge is 0.255 e. The van der Waals surface area contributed by atoms with Crippen molar-refractivity contribution < 1.29 is 9.53 Å². The van der Waals surface area contributed by atoms with Gasteiger partial charge in [-0.15, -0.1) is 0 Å². The van der Waals surface area contributed by atoms with E-state index in [2.05, 4.69) is 24.3 Å². The lowest BCUT2D eigenvalue weighted by atomic mass is 10.3. The number of rotatable bonds is 7. The van der Waals surface area contributed by atoms with Crippen LogP contribution in [0.25, 0.3) is 0 Å². The Bertz CT molecular complexity index is 590. The van der Waals surface area contributed by atoms with Gasteiger partial charge in [-0.2, -0.15) is 5.10 Å². The molecule has 0 aliphatic carbocycles. The van der Waals surface area contributed by atoms with E-state index in [4.69, 9.17) is 10.5 Å². The van der Waals surface area contributed by atoms with E-state index in [1.807, 2.05) is 29.2 Å². The Labute approximate surface area is 123 Å². The Balaban J connectivity index is 1.86. The number of ether oxygens (including phenoxy) is 1. The van der Waals surface area contributed by atoms with Crippen LogP contribution in [0.3, 0.4) is 0 Å². The van der Waals surface area contributed by atoms with E-state index in [0.717, 1.165) is 11.3 Å². The number of nitrogens with zero attached hydrogens (tertiary/aromatic N) is 2. The number of carbonyl (C=O) groups is 1. The lowest BCUT2D eigenvalue weighted by Gasteiger charge is -2.07. The van der Waals surface area contributed by atoms with Crippen molar-refractivity contribution >= 4 is 11.6 Å². The average molecular weight is 288 g/mol. The van der Waals surface area contributed by atoms with E-state index in [-0.39, 0.29) is 6.61 Å². The molecule has 1 heterocycles. The fourth-order valence-electron chi connectivity index (χ4n) is 1.78. The van der Waals surface area contributed by atoms with Crippen molar-refractivity contribution in [2.45, 2.75) is 26.4 Å². The third-order valence-corrected chi connectivity index (χ3v) is 2.92. The topological polar surface area (TPSA) is 82.2 Å². The molecule has 112 valence electrons. The van der Waals surface area contributed by atoms with Crippen LogP contribution in [0.1, 0.15) is 25.5 Å². The zero-order chi connectivity index (χ0) is 15.2. The van der Waals surface area contributed by atoms with Crippen molar-refractivity contribution in [3.63, 3.8) is 0 Å². The number of primary amides is 1. The van der Waals surface area contributed by atoms with Crippen LogP contribution < -0.4 is 15.8 Å². The van der Waals surface area contributed by atoms with Crippen LogP contribution >= 0.6 is 0 Å². The van der Waals surface area contributed by atoms with E-state index in [1.54, 1.807) is 12.1 Å². The minimum atomic E-state index is -0.487. The zero-order valence-corrected chi connectivity index (χ0v) is 12.2. The van der Waals surface area contributed by atoms with Gasteiger partial charge < -0.3 is 15.8 Å². The van der Waals surface area contributed by atoms with Gasteiger partial charge in [-0.1, -0.05) is 0 Å². The van der Waals surface area contributed by atoms with Crippen molar-refractivity contribution in [3.05, 3.63) is 42.2 Å². The molecule has 0 bridgehead atoms. The second kappa shape index (κ2) is 6.78. The minimum absolute atomic E-state index is 0.110. The van der Waals surface area contributed by atoms with Gasteiger partial charge in [0.2, 0.25) is 0 Å². The molecule has 0 unspecified atom stereocenters. The second-order valence-corrected chi connectivity index (χ2v) is 5.06. The molecular formula is C15H20N4O2. The maximum atomic E-state index is 10.6. The molecule has 6 heteroatoms. The molecule has 0 aliphatic heterocycles. The van der Waals surface area contributed by atoms with Crippen LogP contribution in [0.5, 0.6) is 5.75 Å². The number of carbonyl (C=O) groups excluding carboxylic acids is 1. The summed E-state index contributed by atoms with van der Waals surface area (Å²) in [4.78, 5) is 10.6. The third kappa shape index (κ3) is 4.52. The Morgan fingerprint density at radius 1 is 1.38 bits per heavy atom. The molecule has 1 aromatic carbocycles. The van der Waals surface area contributed by atoms with Gasteiger partial charge in [-0.25, -0.2) is 0 Å². The molecule has 1 aromatic heterocycles. The van der Waals surface area contributed by atoms with Gasteiger partial charge in [0.05, 0.1) is 6.20 Å². The fraction of sp³-hybridized carbons (Fsp3) is 0.333. The minimum Gasteiger partial charge on any atom is -0.484 e. The zero-order valence-electron chi connectivity index (χ0n) is 12.2. The molecule has 2 rings (SSSR count). The summed E-state index contributed by atoms with van der Waals surface area (Å²) in [5, 5.41) is 7.60. The molecule has 0 saturated heterocycles. The highest BCUT2D eigenvalue weighted by Crippen LogP contribution is 2.16. The number of benzene rings is 1. The number of hydrogen-bond donors (Lipinski definition) is 2. The first-order valence-corrected chi connectivity index (χ1v) is 6.82. The number of hydrogen-bond acceptors (Lipinski definition) is 4. The highest BCUT2D eigenvalue weighted by molar-refractivity contribution is 5.75. The van der Waals surface area contributed by atoms with E-state index in [9.17, 15) is 4.79 Å². The number of amides is 1. The summed E-state index contributed by atoms with van der Waals surface area (Å²) in [7, 11) is 0. The molecule has 21 heavy (non-hydrogen) atoms. The Morgan fingerprint density at radius 2 is 2.10 bits per heavy atom. The molecule has 2 aromatic rings. The van der Waals surface area contributed by atoms with Gasteiger partial charge >= 0.3 is 0 Å². The van der Waals surface area contributed by atoms with Gasteiger partial charge in [0.25, 0.3) is 5.91 Å². The molecule has 0 spiro atoms. The quantitative estimate of drug-likeness (QED) is 0.815. The summed E-state index contributed by atoms with van der Waals surface area (Å²) in [5.41, 5.74) is 7.12. The van der Waals surface area contributed by atoms with Gasteiger partial charge in [0, 0.05) is 30.0 Å². The molecule has 0 aliphatic rings. The van der Waals surface area contributed by atoms with Crippen molar-refractivity contribution in [1.29, 1.82) is 0 Å². The Kier molecular flexibility index (Phi) is 4.81. The van der Waals surface area contributed by atoms with Crippen LogP contribution in [0, 0.1) is 0 Å². The summed E-state index contributed by atoms with van der Waals surface area (Å²) in [6.07, 6.45) is 3.89. The van der Waals surface area contributed by atoms with Gasteiger partial charge in [-0.05, 0) is 38.1 Å². The Hall–Kier alpha value is -2.50. The second-order valence-electron chi connectivity index (χ2n) is 5.06. The summed E-state index contributed by atoms with van der Waals surface area (Å²) in [6, 6.07) is 7.73. The van der Waals surface area contributed by atoms with Crippen LogP contribution in [0.4, 0.5) is 5.69 Å². The molecule has 0 saturated carbocycles. The first-order chi connectivity index (χ1) is 10.0. The maximum absolute atomic E-state index is 10.6. The predicted octanol–water partition coefficient (Wildman–Crippen LogP) is 1.94. The van der Waals surface area contributed by atoms with E-state index >= 15 is 0 Å². The van der Waals surface area contributed by atoms with Crippen LogP contribution in [0.15, 0.2) is 36.7 Å². The summed E-state index contributed by atoms with van der Waals surface area (Å²) < 4.78 is 7.13. The average Bonchev–Trinajstić information content (AvgIpc) is 2.93. The number of aromatic nitrogens is 2. The largest absolute Gasteiger partial charge is 0.484 e. The van der Waals surface area contributed by atoms with E-state index in [0.29, 0.717) is 18.3 Å². The molecule has 6 nitrogen and oxygen atoms in total. The van der Waals surface area contributed by atoms with E-state index in [1.165, 1.54) is 0 Å². The van der Waals surface area contributed by atoms with Crippen LogP contribution in [0.2, 0.25) is 0 Å². The standard InChI is InChI=1S/C15H20N4O2/c1-11(2)19-9-12(8-18-19)7-17-13-3-5-14(6-4-13)21-10-15(16)20/h3-6,8-9,11,17H,7,10H2,1-2H3,(H2,16,20). The third-order valence-electron chi connectivity index (χ3n) is 2.92. The highest BCUT2D eigenvalue weighted by Gasteiger charge is 2.02.